The minimum Gasteiger partial charge on any atom is -0.481 e. The van der Waals surface area contributed by atoms with Gasteiger partial charge in [-0.05, 0) is 25.2 Å². The highest BCUT2D eigenvalue weighted by atomic mass is 19.4. The fraction of sp³-hybridized carbons (Fsp3) is 0.857. The van der Waals surface area contributed by atoms with Gasteiger partial charge in [0.2, 0.25) is 5.91 Å². The number of amides is 1. The van der Waals surface area contributed by atoms with Gasteiger partial charge in [0.15, 0.2) is 0 Å². The normalized spacial score (nSPS) is 24.7. The molecular formula is C14H22F3NO3. The first-order valence-corrected chi connectivity index (χ1v) is 7.20. The minimum atomic E-state index is -4.26. The molecule has 0 bridgehead atoms. The first-order chi connectivity index (χ1) is 9.62. The molecule has 0 heterocycles. The Morgan fingerprint density at radius 1 is 1.29 bits per heavy atom. The number of rotatable bonds is 5. The Morgan fingerprint density at radius 2 is 1.90 bits per heavy atom. The maximum atomic E-state index is 12.7. The zero-order valence-electron chi connectivity index (χ0n) is 12.2. The Kier molecular flexibility index (Phi) is 6.04. The fourth-order valence-corrected chi connectivity index (χ4v) is 2.69. The van der Waals surface area contributed by atoms with Crippen molar-refractivity contribution in [3.63, 3.8) is 0 Å². The molecular weight excluding hydrogens is 287 g/mol. The van der Waals surface area contributed by atoms with Crippen LogP contribution in [-0.4, -0.2) is 29.7 Å². The van der Waals surface area contributed by atoms with E-state index in [1.807, 2.05) is 0 Å². The molecule has 0 aliphatic heterocycles. The Labute approximate surface area is 122 Å². The molecule has 1 aliphatic rings. The molecule has 0 aromatic carbocycles. The molecule has 1 aliphatic carbocycles. The molecule has 7 heteroatoms. The average Bonchev–Trinajstić information content (AvgIpc) is 2.37. The van der Waals surface area contributed by atoms with E-state index in [2.05, 4.69) is 5.32 Å². The van der Waals surface area contributed by atoms with Gasteiger partial charge in [0.25, 0.3) is 0 Å². The fourth-order valence-electron chi connectivity index (χ4n) is 2.69. The molecule has 0 radical (unpaired) electrons. The first kappa shape index (κ1) is 17.8. The van der Waals surface area contributed by atoms with Crippen LogP contribution in [0.4, 0.5) is 13.2 Å². The lowest BCUT2D eigenvalue weighted by Crippen LogP contribution is -2.41. The van der Waals surface area contributed by atoms with E-state index in [4.69, 9.17) is 5.11 Å². The molecule has 1 amide bonds. The molecule has 1 saturated carbocycles. The van der Waals surface area contributed by atoms with Crippen LogP contribution in [0.25, 0.3) is 0 Å². The van der Waals surface area contributed by atoms with E-state index in [-0.39, 0.29) is 25.3 Å². The Balaban J connectivity index is 2.53. The van der Waals surface area contributed by atoms with E-state index in [1.54, 1.807) is 13.8 Å². The summed E-state index contributed by atoms with van der Waals surface area (Å²) in [6.45, 7) is 3.41. The van der Waals surface area contributed by atoms with Crippen LogP contribution in [0.5, 0.6) is 0 Å². The van der Waals surface area contributed by atoms with Gasteiger partial charge in [-0.25, -0.2) is 0 Å². The highest BCUT2D eigenvalue weighted by Crippen LogP contribution is 2.39. The van der Waals surface area contributed by atoms with Gasteiger partial charge in [0.1, 0.15) is 0 Å². The second-order valence-electron chi connectivity index (χ2n) is 6.04. The first-order valence-electron chi connectivity index (χ1n) is 7.20. The van der Waals surface area contributed by atoms with Crippen molar-refractivity contribution in [2.45, 2.75) is 45.7 Å². The SMILES string of the molecule is CC(C)C(CNC(=O)C1CCCC(C(F)(F)F)C1)C(=O)O. The number of carboxylic acids is 1. The number of nitrogens with one attached hydrogen (secondary N) is 1. The number of hydrogen-bond donors (Lipinski definition) is 2. The van der Waals surface area contributed by atoms with Gasteiger partial charge in [-0.2, -0.15) is 13.2 Å². The van der Waals surface area contributed by atoms with Crippen LogP contribution >= 0.6 is 0 Å². The third kappa shape index (κ3) is 5.21. The number of hydrogen-bond acceptors (Lipinski definition) is 2. The van der Waals surface area contributed by atoms with E-state index in [0.717, 1.165) is 0 Å². The summed E-state index contributed by atoms with van der Waals surface area (Å²) in [6, 6.07) is 0. The van der Waals surface area contributed by atoms with Crippen LogP contribution < -0.4 is 5.32 Å². The van der Waals surface area contributed by atoms with Crippen LogP contribution in [0.2, 0.25) is 0 Å². The lowest BCUT2D eigenvalue weighted by atomic mass is 9.80. The second-order valence-corrected chi connectivity index (χ2v) is 6.04. The molecule has 4 nitrogen and oxygen atoms in total. The smallest absolute Gasteiger partial charge is 0.391 e. The number of aliphatic carboxylic acids is 1. The molecule has 0 saturated heterocycles. The summed E-state index contributed by atoms with van der Waals surface area (Å²) < 4.78 is 38.1. The molecule has 1 rings (SSSR count). The molecule has 0 aromatic heterocycles. The largest absolute Gasteiger partial charge is 0.481 e. The van der Waals surface area contributed by atoms with Crippen molar-refractivity contribution in [3.05, 3.63) is 0 Å². The van der Waals surface area contributed by atoms with Crippen LogP contribution in [0.15, 0.2) is 0 Å². The van der Waals surface area contributed by atoms with Gasteiger partial charge >= 0.3 is 12.1 Å². The molecule has 2 N–H and O–H groups in total. The maximum absolute atomic E-state index is 12.7. The highest BCUT2D eigenvalue weighted by molar-refractivity contribution is 5.79. The van der Waals surface area contributed by atoms with Gasteiger partial charge in [-0.15, -0.1) is 0 Å². The lowest BCUT2D eigenvalue weighted by molar-refractivity contribution is -0.186. The van der Waals surface area contributed by atoms with Crippen LogP contribution in [0, 0.1) is 23.7 Å². The lowest BCUT2D eigenvalue weighted by Gasteiger charge is -2.30. The molecule has 0 aromatic rings. The predicted octanol–water partition coefficient (Wildman–Crippen LogP) is 2.83. The van der Waals surface area contributed by atoms with E-state index in [9.17, 15) is 22.8 Å². The zero-order valence-corrected chi connectivity index (χ0v) is 12.2. The van der Waals surface area contributed by atoms with Crippen molar-refractivity contribution in [3.8, 4) is 0 Å². The van der Waals surface area contributed by atoms with Crippen LogP contribution in [0.1, 0.15) is 39.5 Å². The van der Waals surface area contributed by atoms with Gasteiger partial charge < -0.3 is 10.4 Å². The van der Waals surface area contributed by atoms with Gasteiger partial charge in [-0.1, -0.05) is 20.3 Å². The summed E-state index contributed by atoms with van der Waals surface area (Å²) in [7, 11) is 0. The molecule has 122 valence electrons. The topological polar surface area (TPSA) is 66.4 Å². The predicted molar refractivity (Wildman–Crippen MR) is 70.5 cm³/mol. The number of carbonyl (C=O) groups is 2. The standard InChI is InChI=1S/C14H22F3NO3/c1-8(2)11(13(20)21)7-18-12(19)9-4-3-5-10(6-9)14(15,16)17/h8-11H,3-7H2,1-2H3,(H,18,19)(H,20,21). The Bertz CT molecular complexity index is 382. The average molecular weight is 309 g/mol. The molecule has 1 fully saturated rings. The van der Waals surface area contributed by atoms with E-state index in [1.165, 1.54) is 0 Å². The summed E-state index contributed by atoms with van der Waals surface area (Å²) in [5.41, 5.74) is 0. The van der Waals surface area contributed by atoms with Crippen molar-refractivity contribution in [2.75, 3.05) is 6.54 Å². The minimum absolute atomic E-state index is 0.0426. The summed E-state index contributed by atoms with van der Waals surface area (Å²) in [5, 5.41) is 11.5. The number of carboxylic acid groups (broad SMARTS) is 1. The van der Waals surface area contributed by atoms with E-state index < -0.39 is 35.8 Å². The highest BCUT2D eigenvalue weighted by Gasteiger charge is 2.43. The number of carbonyl (C=O) groups excluding carboxylic acids is 1. The van der Waals surface area contributed by atoms with Crippen molar-refractivity contribution >= 4 is 11.9 Å². The van der Waals surface area contributed by atoms with Crippen LogP contribution in [0.3, 0.4) is 0 Å². The van der Waals surface area contributed by atoms with Crippen LogP contribution in [-0.2, 0) is 9.59 Å². The monoisotopic (exact) mass is 309 g/mol. The summed E-state index contributed by atoms with van der Waals surface area (Å²) in [6.07, 6.45) is -3.60. The van der Waals surface area contributed by atoms with Crippen molar-refractivity contribution < 1.29 is 27.9 Å². The Hall–Kier alpha value is -1.27. The van der Waals surface area contributed by atoms with Crippen molar-refractivity contribution in [1.29, 1.82) is 0 Å². The van der Waals surface area contributed by atoms with E-state index >= 15 is 0 Å². The molecule has 21 heavy (non-hydrogen) atoms. The van der Waals surface area contributed by atoms with Gasteiger partial charge in [0, 0.05) is 12.5 Å². The third-order valence-electron chi connectivity index (χ3n) is 4.13. The third-order valence-corrected chi connectivity index (χ3v) is 4.13. The van der Waals surface area contributed by atoms with Gasteiger partial charge in [-0.3, -0.25) is 9.59 Å². The summed E-state index contributed by atoms with van der Waals surface area (Å²) in [5.74, 6) is -4.46. The van der Waals surface area contributed by atoms with Crippen molar-refractivity contribution in [2.24, 2.45) is 23.7 Å². The van der Waals surface area contributed by atoms with Gasteiger partial charge in [0.05, 0.1) is 11.8 Å². The summed E-state index contributed by atoms with van der Waals surface area (Å²) >= 11 is 0. The van der Waals surface area contributed by atoms with E-state index in [0.29, 0.717) is 12.8 Å². The Morgan fingerprint density at radius 3 is 2.38 bits per heavy atom. The second kappa shape index (κ2) is 7.13. The van der Waals surface area contributed by atoms with Crippen molar-refractivity contribution in [1.82, 2.24) is 5.32 Å². The molecule has 3 atom stereocenters. The quantitative estimate of drug-likeness (QED) is 0.820. The zero-order chi connectivity index (χ0) is 16.2. The summed E-state index contributed by atoms with van der Waals surface area (Å²) in [4.78, 5) is 23.0. The number of halogens is 3. The molecule has 0 spiro atoms. The number of alkyl halides is 3. The molecule has 3 unspecified atom stereocenters. The maximum Gasteiger partial charge on any atom is 0.391 e.